The van der Waals surface area contributed by atoms with Gasteiger partial charge in [0.15, 0.2) is 5.69 Å². The average Bonchev–Trinajstić information content (AvgIpc) is 3.02. The van der Waals surface area contributed by atoms with Crippen LogP contribution in [0.5, 0.6) is 0 Å². The van der Waals surface area contributed by atoms with Crippen LogP contribution in [0.15, 0.2) is 34.9 Å². The molecule has 1 saturated heterocycles. The Morgan fingerprint density at radius 1 is 1.43 bits per heavy atom. The third-order valence-electron chi connectivity index (χ3n) is 3.90. The maximum Gasteiger partial charge on any atom is 0.276 e. The molecule has 23 heavy (non-hydrogen) atoms. The summed E-state index contributed by atoms with van der Waals surface area (Å²) in [5.74, 6) is -0.177. The zero-order chi connectivity index (χ0) is 15.5. The molecule has 0 saturated carbocycles. The first-order valence-corrected chi connectivity index (χ1v) is 8.26. The minimum absolute atomic E-state index is 0. The van der Waals surface area contributed by atoms with E-state index in [-0.39, 0.29) is 18.3 Å². The van der Waals surface area contributed by atoms with Gasteiger partial charge in [0.1, 0.15) is 0 Å². The molecule has 1 aliphatic rings. The number of amides is 1. The fourth-order valence-electron chi connectivity index (χ4n) is 2.64. The number of nitrogens with one attached hydrogen (secondary N) is 2. The molecule has 2 aromatic rings. The summed E-state index contributed by atoms with van der Waals surface area (Å²) in [4.78, 5) is 12.3. The molecule has 1 unspecified atom stereocenters. The van der Waals surface area contributed by atoms with Gasteiger partial charge >= 0.3 is 0 Å². The number of nitrogens with zero attached hydrogens (tertiary/aromatic N) is 2. The van der Waals surface area contributed by atoms with Gasteiger partial charge in [-0.05, 0) is 56.1 Å². The van der Waals surface area contributed by atoms with Crippen molar-refractivity contribution >= 4 is 39.9 Å². The van der Waals surface area contributed by atoms with Crippen LogP contribution in [0.4, 0.5) is 5.69 Å². The van der Waals surface area contributed by atoms with Crippen molar-refractivity contribution in [3.05, 3.63) is 46.2 Å². The summed E-state index contributed by atoms with van der Waals surface area (Å²) in [7, 11) is 0. The normalized spacial score (nSPS) is 17.4. The van der Waals surface area contributed by atoms with Gasteiger partial charge in [0.05, 0.1) is 6.04 Å². The molecule has 124 valence electrons. The number of halogens is 2. The first kappa shape index (κ1) is 18.0. The lowest BCUT2D eigenvalue weighted by Gasteiger charge is -2.22. The standard InChI is InChI=1S/C16H19BrN4O.ClH/c1-11-9-12(4-5-14(11)17)19-16(22)15-6-8-21(20-15)13-3-2-7-18-10-13;/h4-6,8-9,13,18H,2-3,7,10H2,1H3,(H,19,22);1H. The molecule has 3 rings (SSSR count). The van der Waals surface area contributed by atoms with Crippen molar-refractivity contribution < 1.29 is 4.79 Å². The number of piperidine rings is 1. The van der Waals surface area contributed by atoms with Crippen molar-refractivity contribution in [1.82, 2.24) is 15.1 Å². The Kier molecular flexibility index (Phi) is 6.21. The van der Waals surface area contributed by atoms with Crippen LogP contribution in [0, 0.1) is 6.92 Å². The minimum Gasteiger partial charge on any atom is -0.321 e. The van der Waals surface area contributed by atoms with Crippen molar-refractivity contribution in [3.8, 4) is 0 Å². The van der Waals surface area contributed by atoms with Crippen LogP contribution in [0.2, 0.25) is 0 Å². The van der Waals surface area contributed by atoms with E-state index in [0.29, 0.717) is 11.7 Å². The first-order chi connectivity index (χ1) is 10.6. The number of carbonyl (C=O) groups is 1. The number of anilines is 1. The lowest BCUT2D eigenvalue weighted by molar-refractivity contribution is 0.102. The van der Waals surface area contributed by atoms with Crippen LogP contribution in [-0.4, -0.2) is 28.8 Å². The van der Waals surface area contributed by atoms with E-state index in [1.165, 1.54) is 0 Å². The molecule has 1 amide bonds. The number of aromatic nitrogens is 2. The summed E-state index contributed by atoms with van der Waals surface area (Å²) in [6, 6.07) is 7.85. The Balaban J connectivity index is 0.00000192. The molecule has 1 aromatic carbocycles. The maximum atomic E-state index is 12.3. The largest absolute Gasteiger partial charge is 0.321 e. The molecule has 1 aliphatic heterocycles. The van der Waals surface area contributed by atoms with Gasteiger partial charge in [-0.25, -0.2) is 0 Å². The fourth-order valence-corrected chi connectivity index (χ4v) is 2.89. The van der Waals surface area contributed by atoms with Crippen LogP contribution >= 0.6 is 28.3 Å². The quantitative estimate of drug-likeness (QED) is 0.830. The Labute approximate surface area is 150 Å². The van der Waals surface area contributed by atoms with Crippen molar-refractivity contribution in [3.63, 3.8) is 0 Å². The Morgan fingerprint density at radius 2 is 2.26 bits per heavy atom. The molecule has 2 N–H and O–H groups in total. The van der Waals surface area contributed by atoms with Gasteiger partial charge < -0.3 is 10.6 Å². The number of hydrogen-bond donors (Lipinski definition) is 2. The summed E-state index contributed by atoms with van der Waals surface area (Å²) in [6.45, 7) is 3.97. The minimum atomic E-state index is -0.177. The Hall–Kier alpha value is -1.37. The Bertz CT molecular complexity index is 682. The fraction of sp³-hybridized carbons (Fsp3) is 0.375. The van der Waals surface area contributed by atoms with E-state index in [1.807, 2.05) is 36.0 Å². The van der Waals surface area contributed by atoms with Crippen molar-refractivity contribution in [2.24, 2.45) is 0 Å². The average molecular weight is 400 g/mol. The molecule has 0 spiro atoms. The van der Waals surface area contributed by atoms with Crippen LogP contribution < -0.4 is 10.6 Å². The summed E-state index contributed by atoms with van der Waals surface area (Å²) in [6.07, 6.45) is 4.13. The molecule has 7 heteroatoms. The molecule has 1 fully saturated rings. The highest BCUT2D eigenvalue weighted by molar-refractivity contribution is 9.10. The monoisotopic (exact) mass is 398 g/mol. The van der Waals surface area contributed by atoms with E-state index in [4.69, 9.17) is 0 Å². The van der Waals surface area contributed by atoms with E-state index >= 15 is 0 Å². The molecule has 5 nitrogen and oxygen atoms in total. The lowest BCUT2D eigenvalue weighted by atomic mass is 10.1. The van der Waals surface area contributed by atoms with Crippen molar-refractivity contribution in [1.29, 1.82) is 0 Å². The predicted octanol–water partition coefficient (Wildman–Crippen LogP) is 3.55. The van der Waals surface area contributed by atoms with E-state index in [0.717, 1.165) is 41.7 Å². The summed E-state index contributed by atoms with van der Waals surface area (Å²) in [5, 5.41) is 10.7. The molecule has 0 aliphatic carbocycles. The van der Waals surface area contributed by atoms with Crippen LogP contribution in [0.3, 0.4) is 0 Å². The summed E-state index contributed by atoms with van der Waals surface area (Å²) < 4.78 is 2.92. The van der Waals surface area contributed by atoms with Crippen LogP contribution in [-0.2, 0) is 0 Å². The zero-order valence-electron chi connectivity index (χ0n) is 12.9. The molecular formula is C16H20BrClN4O. The predicted molar refractivity (Wildman–Crippen MR) is 97.4 cm³/mol. The molecule has 0 radical (unpaired) electrons. The van der Waals surface area contributed by atoms with Crippen LogP contribution in [0.25, 0.3) is 0 Å². The highest BCUT2D eigenvalue weighted by atomic mass is 79.9. The van der Waals surface area contributed by atoms with Crippen molar-refractivity contribution in [2.75, 3.05) is 18.4 Å². The zero-order valence-corrected chi connectivity index (χ0v) is 15.3. The van der Waals surface area contributed by atoms with Gasteiger partial charge in [-0.15, -0.1) is 12.4 Å². The molecule has 0 bridgehead atoms. The highest BCUT2D eigenvalue weighted by Gasteiger charge is 2.17. The third-order valence-corrected chi connectivity index (χ3v) is 4.79. The second kappa shape index (κ2) is 7.95. The molecule has 1 atom stereocenters. The van der Waals surface area contributed by atoms with E-state index < -0.39 is 0 Å². The molecular weight excluding hydrogens is 380 g/mol. The first-order valence-electron chi connectivity index (χ1n) is 7.47. The maximum absolute atomic E-state index is 12.3. The SMILES string of the molecule is Cc1cc(NC(=O)c2ccn(C3CCCNC3)n2)ccc1Br.Cl. The van der Waals surface area contributed by atoms with Gasteiger partial charge in [0.2, 0.25) is 0 Å². The molecule has 1 aromatic heterocycles. The van der Waals surface area contributed by atoms with Crippen LogP contribution in [0.1, 0.15) is 34.9 Å². The smallest absolute Gasteiger partial charge is 0.276 e. The summed E-state index contributed by atoms with van der Waals surface area (Å²) in [5.41, 5.74) is 2.31. The van der Waals surface area contributed by atoms with Gasteiger partial charge in [-0.2, -0.15) is 5.10 Å². The van der Waals surface area contributed by atoms with Gasteiger partial charge in [0, 0.05) is 22.9 Å². The second-order valence-electron chi connectivity index (χ2n) is 5.60. The lowest BCUT2D eigenvalue weighted by Crippen LogP contribution is -2.32. The number of rotatable bonds is 3. The number of aryl methyl sites for hydroxylation is 1. The third kappa shape index (κ3) is 4.34. The summed E-state index contributed by atoms with van der Waals surface area (Å²) >= 11 is 3.45. The van der Waals surface area contributed by atoms with E-state index in [2.05, 4.69) is 31.7 Å². The second-order valence-corrected chi connectivity index (χ2v) is 6.45. The number of carbonyl (C=O) groups excluding carboxylic acids is 1. The topological polar surface area (TPSA) is 59.0 Å². The molecule has 2 heterocycles. The van der Waals surface area contributed by atoms with E-state index in [1.54, 1.807) is 6.07 Å². The number of benzene rings is 1. The van der Waals surface area contributed by atoms with Gasteiger partial charge in [0.25, 0.3) is 5.91 Å². The van der Waals surface area contributed by atoms with Crippen molar-refractivity contribution in [2.45, 2.75) is 25.8 Å². The van der Waals surface area contributed by atoms with E-state index in [9.17, 15) is 4.79 Å². The van der Waals surface area contributed by atoms with Gasteiger partial charge in [-0.1, -0.05) is 15.9 Å². The number of hydrogen-bond acceptors (Lipinski definition) is 3. The van der Waals surface area contributed by atoms with Gasteiger partial charge in [-0.3, -0.25) is 9.48 Å². The highest BCUT2D eigenvalue weighted by Crippen LogP contribution is 2.21. The Morgan fingerprint density at radius 3 is 2.96 bits per heavy atom.